The lowest BCUT2D eigenvalue weighted by Gasteiger charge is -2.34. The van der Waals surface area contributed by atoms with Crippen LogP contribution in [0.5, 0.6) is 0 Å². The summed E-state index contributed by atoms with van der Waals surface area (Å²) in [4.78, 5) is 34.7. The van der Waals surface area contributed by atoms with Crippen LogP contribution in [0.1, 0.15) is 35.3 Å². The smallest absolute Gasteiger partial charge is 0.318 e. The molecule has 2 aliphatic rings. The number of fused-ring (bicyclic) bond motifs is 1. The number of nitrogens with zero attached hydrogens (tertiary/aromatic N) is 3. The zero-order chi connectivity index (χ0) is 23.3. The van der Waals surface area contributed by atoms with Crippen molar-refractivity contribution in [3.8, 4) is 0 Å². The molecule has 0 spiro atoms. The van der Waals surface area contributed by atoms with Gasteiger partial charge < -0.3 is 9.74 Å². The van der Waals surface area contributed by atoms with Gasteiger partial charge in [0.15, 0.2) is 0 Å². The highest BCUT2D eigenvalue weighted by Gasteiger charge is 2.33. The lowest BCUT2D eigenvalue weighted by atomic mass is 10.0. The van der Waals surface area contributed by atoms with Gasteiger partial charge in [0.25, 0.3) is 5.91 Å². The first-order valence-electron chi connectivity index (χ1n) is 10.7. The van der Waals surface area contributed by atoms with Gasteiger partial charge in [-0.2, -0.15) is 5.06 Å². The molecule has 1 aromatic carbocycles. The monoisotopic (exact) mass is 433 g/mol. The quantitative estimate of drug-likeness (QED) is 0.590. The van der Waals surface area contributed by atoms with Crippen LogP contribution in [0.2, 0.25) is 0 Å². The second-order valence-corrected chi connectivity index (χ2v) is 8.26. The maximum Gasteiger partial charge on any atom is 0.434 e. The van der Waals surface area contributed by atoms with Crippen molar-refractivity contribution in [2.45, 2.75) is 20.4 Å². The third-order valence-corrected chi connectivity index (χ3v) is 5.53. The molecule has 1 fully saturated rings. The summed E-state index contributed by atoms with van der Waals surface area (Å²) >= 11 is 0. The molecule has 0 aromatic heterocycles. The van der Waals surface area contributed by atoms with Crippen molar-refractivity contribution in [3.63, 3.8) is 0 Å². The summed E-state index contributed by atoms with van der Waals surface area (Å²) < 4.78 is 0. The Morgan fingerprint density at radius 3 is 2.50 bits per heavy atom. The van der Waals surface area contributed by atoms with Crippen molar-refractivity contribution in [1.29, 1.82) is 0 Å². The minimum absolute atomic E-state index is 0.241. The zero-order valence-corrected chi connectivity index (χ0v) is 19.0. The van der Waals surface area contributed by atoms with E-state index in [9.17, 15) is 9.59 Å². The molecule has 0 atom stereocenters. The first-order chi connectivity index (χ1) is 15.3. The fourth-order valence-corrected chi connectivity index (χ4v) is 3.83. The van der Waals surface area contributed by atoms with Gasteiger partial charge >= 0.3 is 6.09 Å². The fraction of sp³-hybridized carbons (Fsp3) is 0.308. The summed E-state index contributed by atoms with van der Waals surface area (Å²) in [5, 5.41) is 1.15. The van der Waals surface area contributed by atoms with E-state index in [1.165, 1.54) is 0 Å². The topological polar surface area (TPSA) is 53.1 Å². The van der Waals surface area contributed by atoms with Crippen LogP contribution in [-0.2, 0) is 11.4 Å². The molecule has 2 amide bonds. The number of carbonyl (C=O) groups is 2. The number of rotatable bonds is 7. The number of allylic oxidation sites excluding steroid dienone is 5. The molecule has 32 heavy (non-hydrogen) atoms. The molecule has 1 saturated heterocycles. The lowest BCUT2D eigenvalue weighted by Crippen LogP contribution is -2.50. The molecular weight excluding hydrogens is 402 g/mol. The predicted molar refractivity (Wildman–Crippen MR) is 128 cm³/mol. The van der Waals surface area contributed by atoms with Crippen molar-refractivity contribution >= 4 is 17.6 Å². The Balaban J connectivity index is 1.57. The second-order valence-electron chi connectivity index (χ2n) is 8.26. The molecule has 6 nitrogen and oxygen atoms in total. The van der Waals surface area contributed by atoms with Crippen molar-refractivity contribution in [3.05, 3.63) is 90.1 Å². The molecule has 168 valence electrons. The second kappa shape index (κ2) is 10.3. The maximum absolute atomic E-state index is 12.7. The number of benzene rings is 1. The van der Waals surface area contributed by atoms with E-state index >= 15 is 0 Å². The Kier molecular flexibility index (Phi) is 7.49. The number of amides is 2. The van der Waals surface area contributed by atoms with Crippen molar-refractivity contribution in [2.24, 2.45) is 0 Å². The molecular formula is C26H31N3O3. The van der Waals surface area contributed by atoms with Crippen LogP contribution in [0.15, 0.2) is 73.4 Å². The average Bonchev–Trinajstić information content (AvgIpc) is 3.08. The van der Waals surface area contributed by atoms with E-state index in [0.29, 0.717) is 18.7 Å². The highest BCUT2D eigenvalue weighted by Crippen LogP contribution is 2.27. The summed E-state index contributed by atoms with van der Waals surface area (Å²) in [7, 11) is 0. The third-order valence-electron chi connectivity index (χ3n) is 5.53. The van der Waals surface area contributed by atoms with Crippen LogP contribution in [0, 0.1) is 0 Å². The van der Waals surface area contributed by atoms with Crippen molar-refractivity contribution < 1.29 is 14.4 Å². The Labute approximate surface area is 190 Å². The number of piperazine rings is 1. The van der Waals surface area contributed by atoms with E-state index in [1.807, 2.05) is 44.2 Å². The molecule has 0 saturated carbocycles. The molecule has 3 rings (SSSR count). The Morgan fingerprint density at radius 2 is 1.88 bits per heavy atom. The first-order valence-corrected chi connectivity index (χ1v) is 10.7. The molecule has 0 radical (unpaired) electrons. The van der Waals surface area contributed by atoms with E-state index in [0.717, 1.165) is 52.5 Å². The largest absolute Gasteiger partial charge is 0.434 e. The molecule has 2 heterocycles. The summed E-state index contributed by atoms with van der Waals surface area (Å²) in [6.07, 6.45) is 7.01. The van der Waals surface area contributed by atoms with Crippen LogP contribution in [0.4, 0.5) is 4.79 Å². The molecule has 0 bridgehead atoms. The first kappa shape index (κ1) is 23.3. The average molecular weight is 434 g/mol. The minimum Gasteiger partial charge on any atom is -0.318 e. The van der Waals surface area contributed by atoms with Gasteiger partial charge in [0, 0.05) is 38.3 Å². The highest BCUT2D eigenvalue weighted by atomic mass is 16.7. The van der Waals surface area contributed by atoms with E-state index < -0.39 is 6.09 Å². The number of carbonyl (C=O) groups excluding carboxylic acids is 2. The van der Waals surface area contributed by atoms with Crippen LogP contribution in [0.3, 0.4) is 0 Å². The Morgan fingerprint density at radius 1 is 1.16 bits per heavy atom. The molecule has 0 aliphatic carbocycles. The summed E-state index contributed by atoms with van der Waals surface area (Å²) in [6, 6.07) is 5.59. The summed E-state index contributed by atoms with van der Waals surface area (Å²) in [5.74, 6) is -0.295. The molecule has 1 aromatic rings. The molecule has 2 aliphatic heterocycles. The number of hydroxylamine groups is 2. The third kappa shape index (κ3) is 5.45. The van der Waals surface area contributed by atoms with Gasteiger partial charge in [0.05, 0.1) is 6.54 Å². The van der Waals surface area contributed by atoms with Gasteiger partial charge in [-0.05, 0) is 48.3 Å². The van der Waals surface area contributed by atoms with Crippen LogP contribution >= 0.6 is 0 Å². The normalized spacial score (nSPS) is 16.4. The van der Waals surface area contributed by atoms with Gasteiger partial charge in [-0.25, -0.2) is 4.79 Å². The lowest BCUT2D eigenvalue weighted by molar-refractivity contribution is -0.0853. The molecule has 0 N–H and O–H groups in total. The standard InChI is InChI=1S/C26H31N3O3/c1-6-8-21(7-2)17-27-11-13-28(14-12-27)26(31)32-29-18-23-16-22(20(5)15-19(3)4)9-10-24(23)25(29)30/h6-10,15-16H,1-2,5,11-14,17-18H2,3-4H3/b21-8+. The molecule has 0 unspecified atom stereocenters. The van der Waals surface area contributed by atoms with Crippen LogP contribution in [-0.4, -0.2) is 59.6 Å². The van der Waals surface area contributed by atoms with Gasteiger partial charge in [-0.3, -0.25) is 9.69 Å². The summed E-state index contributed by atoms with van der Waals surface area (Å²) in [6.45, 7) is 19.2. The molecule has 6 heteroatoms. The van der Waals surface area contributed by atoms with Gasteiger partial charge in [0.2, 0.25) is 0 Å². The number of hydrogen-bond donors (Lipinski definition) is 0. The highest BCUT2D eigenvalue weighted by molar-refractivity contribution is 5.98. The van der Waals surface area contributed by atoms with Gasteiger partial charge in [0.1, 0.15) is 0 Å². The SMILES string of the molecule is C=C/C=C(\C=C)CN1CCN(C(=O)ON2Cc3cc(C(=C)C=C(C)C)ccc3C2=O)CC1. The zero-order valence-electron chi connectivity index (χ0n) is 19.0. The Bertz CT molecular complexity index is 994. The van der Waals surface area contributed by atoms with Crippen molar-refractivity contribution in [1.82, 2.24) is 14.9 Å². The van der Waals surface area contributed by atoms with E-state index in [-0.39, 0.29) is 12.5 Å². The summed E-state index contributed by atoms with van der Waals surface area (Å²) in [5.41, 5.74) is 5.46. The fourth-order valence-electron chi connectivity index (χ4n) is 3.83. The maximum atomic E-state index is 12.7. The van der Waals surface area contributed by atoms with E-state index in [2.05, 4.69) is 24.6 Å². The van der Waals surface area contributed by atoms with Gasteiger partial charge in [-0.15, -0.1) is 0 Å². The van der Waals surface area contributed by atoms with E-state index in [1.54, 1.807) is 17.0 Å². The Hall–Kier alpha value is -3.38. The van der Waals surface area contributed by atoms with Crippen LogP contribution < -0.4 is 0 Å². The van der Waals surface area contributed by atoms with E-state index in [4.69, 9.17) is 4.84 Å². The van der Waals surface area contributed by atoms with Gasteiger partial charge in [-0.1, -0.05) is 55.7 Å². The van der Waals surface area contributed by atoms with Crippen molar-refractivity contribution in [2.75, 3.05) is 32.7 Å². The number of hydrogen-bond acceptors (Lipinski definition) is 4. The van der Waals surface area contributed by atoms with Crippen LogP contribution in [0.25, 0.3) is 5.57 Å². The minimum atomic E-state index is -0.495. The predicted octanol–water partition coefficient (Wildman–Crippen LogP) is 4.59.